The second-order valence-corrected chi connectivity index (χ2v) is 4.53. The van der Waals surface area contributed by atoms with Crippen LogP contribution in [-0.2, 0) is 6.42 Å². The van der Waals surface area contributed by atoms with Gasteiger partial charge in [-0.25, -0.2) is 14.2 Å². The number of aromatic nitrogens is 1. The van der Waals surface area contributed by atoms with Gasteiger partial charge in [-0.2, -0.15) is 0 Å². The molecule has 1 aromatic carbocycles. The summed E-state index contributed by atoms with van der Waals surface area (Å²) >= 11 is 0. The number of halogens is 1. The van der Waals surface area contributed by atoms with E-state index in [0.29, 0.717) is 23.6 Å². The van der Waals surface area contributed by atoms with Gasteiger partial charge in [0.25, 0.3) is 0 Å². The van der Waals surface area contributed by atoms with Crippen LogP contribution < -0.4 is 5.32 Å². The third-order valence-electron chi connectivity index (χ3n) is 2.80. The Balaban J connectivity index is 2.37. The van der Waals surface area contributed by atoms with Crippen molar-refractivity contribution < 1.29 is 14.3 Å². The van der Waals surface area contributed by atoms with Crippen molar-refractivity contribution in [2.24, 2.45) is 0 Å². The molecule has 104 valence electrons. The molecule has 0 amide bonds. The highest BCUT2D eigenvalue weighted by Crippen LogP contribution is 2.19. The van der Waals surface area contributed by atoms with Gasteiger partial charge in [0, 0.05) is 11.4 Å². The zero-order chi connectivity index (χ0) is 14.7. The van der Waals surface area contributed by atoms with Crippen LogP contribution in [0.3, 0.4) is 0 Å². The van der Waals surface area contributed by atoms with E-state index in [0.717, 1.165) is 5.56 Å². The van der Waals surface area contributed by atoms with Gasteiger partial charge in [-0.05, 0) is 49.2 Å². The molecule has 0 aliphatic carbocycles. The highest BCUT2D eigenvalue weighted by molar-refractivity contribution is 5.88. The number of hydrogen-bond donors (Lipinski definition) is 2. The molecule has 0 radical (unpaired) electrons. The van der Waals surface area contributed by atoms with Gasteiger partial charge in [0.2, 0.25) is 0 Å². The van der Waals surface area contributed by atoms with Gasteiger partial charge in [0.05, 0.1) is 5.56 Å². The molecule has 4 nitrogen and oxygen atoms in total. The topological polar surface area (TPSA) is 62.2 Å². The number of rotatable bonds is 4. The van der Waals surface area contributed by atoms with E-state index in [4.69, 9.17) is 5.11 Å². The predicted molar refractivity (Wildman–Crippen MR) is 75.0 cm³/mol. The number of carboxylic acid groups (broad SMARTS) is 1. The summed E-state index contributed by atoms with van der Waals surface area (Å²) in [6.07, 6.45) is 0.623. The maximum atomic E-state index is 13.3. The quantitative estimate of drug-likeness (QED) is 0.895. The van der Waals surface area contributed by atoms with E-state index in [1.807, 2.05) is 6.92 Å². The fourth-order valence-corrected chi connectivity index (χ4v) is 1.91. The Morgan fingerprint density at radius 3 is 2.65 bits per heavy atom. The fourth-order valence-electron chi connectivity index (χ4n) is 1.91. The zero-order valence-corrected chi connectivity index (χ0v) is 11.3. The van der Waals surface area contributed by atoms with E-state index in [1.54, 1.807) is 13.0 Å². The number of nitrogens with one attached hydrogen (secondary N) is 1. The zero-order valence-electron chi connectivity index (χ0n) is 11.3. The lowest BCUT2D eigenvalue weighted by atomic mass is 10.2. The molecule has 0 atom stereocenters. The average Bonchev–Trinajstić information content (AvgIpc) is 2.36. The van der Waals surface area contributed by atoms with Crippen molar-refractivity contribution in [2.45, 2.75) is 20.3 Å². The van der Waals surface area contributed by atoms with Gasteiger partial charge < -0.3 is 10.4 Å². The summed E-state index contributed by atoms with van der Waals surface area (Å²) in [7, 11) is 0. The van der Waals surface area contributed by atoms with Crippen molar-refractivity contribution in [2.75, 3.05) is 5.32 Å². The number of benzene rings is 1. The molecule has 0 aliphatic rings. The van der Waals surface area contributed by atoms with Crippen LogP contribution in [0.4, 0.5) is 15.9 Å². The second kappa shape index (κ2) is 5.69. The minimum absolute atomic E-state index is 0.160. The lowest BCUT2D eigenvalue weighted by Crippen LogP contribution is -2.03. The van der Waals surface area contributed by atoms with Gasteiger partial charge in [0.15, 0.2) is 0 Å². The van der Waals surface area contributed by atoms with Crippen molar-refractivity contribution in [3.63, 3.8) is 0 Å². The van der Waals surface area contributed by atoms with Crippen molar-refractivity contribution >= 4 is 17.5 Å². The SMILES string of the molecule is CCc1cc(C(=O)O)cc(Nc2cc(C)cc(F)c2)n1. The summed E-state index contributed by atoms with van der Waals surface area (Å²) in [6.45, 7) is 3.68. The minimum atomic E-state index is -1.01. The lowest BCUT2D eigenvalue weighted by molar-refractivity contribution is 0.0696. The van der Waals surface area contributed by atoms with Gasteiger partial charge in [0.1, 0.15) is 11.6 Å². The van der Waals surface area contributed by atoms with E-state index >= 15 is 0 Å². The Morgan fingerprint density at radius 1 is 1.30 bits per heavy atom. The molecule has 2 N–H and O–H groups in total. The van der Waals surface area contributed by atoms with E-state index < -0.39 is 5.97 Å². The Hall–Kier alpha value is -2.43. The Bertz CT molecular complexity index is 636. The predicted octanol–water partition coefficient (Wildman–Crippen LogP) is 3.53. The summed E-state index contributed by atoms with van der Waals surface area (Å²) in [5, 5.41) is 12.0. The number of anilines is 2. The van der Waals surface area contributed by atoms with Gasteiger partial charge >= 0.3 is 5.97 Å². The van der Waals surface area contributed by atoms with E-state index in [-0.39, 0.29) is 11.4 Å². The van der Waals surface area contributed by atoms with Gasteiger partial charge in [-0.15, -0.1) is 0 Å². The number of nitrogens with zero attached hydrogens (tertiary/aromatic N) is 1. The molecule has 2 rings (SSSR count). The summed E-state index contributed by atoms with van der Waals surface area (Å²) < 4.78 is 13.3. The number of hydrogen-bond acceptors (Lipinski definition) is 3. The van der Waals surface area contributed by atoms with E-state index in [2.05, 4.69) is 10.3 Å². The summed E-state index contributed by atoms with van der Waals surface area (Å²) in [5.41, 5.74) is 2.14. The van der Waals surface area contributed by atoms with Gasteiger partial charge in [-0.1, -0.05) is 6.92 Å². The highest BCUT2D eigenvalue weighted by atomic mass is 19.1. The molecule has 0 aliphatic heterocycles. The number of aromatic carboxylic acids is 1. The third-order valence-corrected chi connectivity index (χ3v) is 2.80. The largest absolute Gasteiger partial charge is 0.478 e. The molecular formula is C15H15FN2O2. The number of carboxylic acids is 1. The third kappa shape index (κ3) is 3.32. The molecule has 5 heteroatoms. The number of aryl methyl sites for hydroxylation is 2. The monoisotopic (exact) mass is 274 g/mol. The van der Waals surface area contributed by atoms with Crippen molar-refractivity contribution in [1.82, 2.24) is 4.98 Å². The van der Waals surface area contributed by atoms with Crippen LogP contribution in [0.1, 0.15) is 28.5 Å². The first-order valence-electron chi connectivity index (χ1n) is 6.26. The maximum absolute atomic E-state index is 13.3. The van der Waals surface area contributed by atoms with Crippen LogP contribution in [0.5, 0.6) is 0 Å². The van der Waals surface area contributed by atoms with Crippen LogP contribution in [0.15, 0.2) is 30.3 Å². The first kappa shape index (κ1) is 14.0. The van der Waals surface area contributed by atoms with Crippen LogP contribution in [0.25, 0.3) is 0 Å². The molecule has 0 fully saturated rings. The first-order valence-corrected chi connectivity index (χ1v) is 6.26. The Kier molecular flexibility index (Phi) is 3.98. The number of carbonyl (C=O) groups is 1. The minimum Gasteiger partial charge on any atom is -0.478 e. The number of pyridine rings is 1. The molecule has 2 aromatic rings. The molecule has 1 aromatic heterocycles. The van der Waals surface area contributed by atoms with Crippen molar-refractivity contribution in [3.05, 3.63) is 53.0 Å². The molecule has 0 saturated heterocycles. The molecule has 1 heterocycles. The van der Waals surface area contributed by atoms with Crippen LogP contribution in [0, 0.1) is 12.7 Å². The van der Waals surface area contributed by atoms with Crippen LogP contribution in [0.2, 0.25) is 0 Å². The van der Waals surface area contributed by atoms with Crippen molar-refractivity contribution in [1.29, 1.82) is 0 Å². The van der Waals surface area contributed by atoms with Crippen LogP contribution >= 0.6 is 0 Å². The maximum Gasteiger partial charge on any atom is 0.335 e. The second-order valence-electron chi connectivity index (χ2n) is 4.53. The average molecular weight is 274 g/mol. The smallest absolute Gasteiger partial charge is 0.335 e. The van der Waals surface area contributed by atoms with Gasteiger partial charge in [-0.3, -0.25) is 0 Å². The lowest BCUT2D eigenvalue weighted by Gasteiger charge is -2.09. The molecule has 20 heavy (non-hydrogen) atoms. The van der Waals surface area contributed by atoms with Crippen molar-refractivity contribution in [3.8, 4) is 0 Å². The Labute approximate surface area is 116 Å². The van der Waals surface area contributed by atoms with Crippen LogP contribution in [-0.4, -0.2) is 16.1 Å². The summed E-state index contributed by atoms with van der Waals surface area (Å²) in [5.74, 6) is -0.968. The highest BCUT2D eigenvalue weighted by Gasteiger charge is 2.08. The summed E-state index contributed by atoms with van der Waals surface area (Å²) in [4.78, 5) is 15.4. The molecule has 0 unspecified atom stereocenters. The normalized spacial score (nSPS) is 10.3. The fraction of sp³-hybridized carbons (Fsp3) is 0.200. The molecule has 0 bridgehead atoms. The molecular weight excluding hydrogens is 259 g/mol. The molecule has 0 spiro atoms. The first-order chi connectivity index (χ1) is 9.47. The summed E-state index contributed by atoms with van der Waals surface area (Å²) in [6, 6.07) is 7.49. The van der Waals surface area contributed by atoms with E-state index in [1.165, 1.54) is 24.3 Å². The molecule has 0 saturated carbocycles. The Morgan fingerprint density at radius 2 is 2.05 bits per heavy atom. The van der Waals surface area contributed by atoms with E-state index in [9.17, 15) is 9.18 Å². The standard InChI is InChI=1S/C15H15FN2O2/c1-3-12-6-10(15(19)20)7-14(17-12)18-13-5-9(2)4-11(16)8-13/h4-8H,3H2,1-2H3,(H,17,18)(H,19,20).